The Labute approximate surface area is 164 Å². The molecule has 2 rings (SSSR count). The molecule has 1 N–H and O–H groups in total. The van der Waals surface area contributed by atoms with Crippen LogP contribution in [0.4, 0.5) is 0 Å². The lowest BCUT2D eigenvalue weighted by atomic mass is 9.86. The smallest absolute Gasteiger partial charge is 0.213 e. The molecule has 8 heteroatoms. The lowest BCUT2D eigenvalue weighted by Crippen LogP contribution is -2.42. The van der Waals surface area contributed by atoms with Gasteiger partial charge >= 0.3 is 0 Å². The van der Waals surface area contributed by atoms with E-state index in [0.29, 0.717) is 12.0 Å². The summed E-state index contributed by atoms with van der Waals surface area (Å²) < 4.78 is 24.9. The van der Waals surface area contributed by atoms with E-state index in [1.165, 1.54) is 36.4 Å². The van der Waals surface area contributed by atoms with Crippen LogP contribution in [0, 0.1) is 5.41 Å². The van der Waals surface area contributed by atoms with Gasteiger partial charge in [-0.05, 0) is 38.0 Å². The predicted molar refractivity (Wildman–Crippen MR) is 111 cm³/mol. The third kappa shape index (κ3) is 5.45. The minimum absolute atomic E-state index is 0. The van der Waals surface area contributed by atoms with Crippen molar-refractivity contribution >= 4 is 40.0 Å². The summed E-state index contributed by atoms with van der Waals surface area (Å²) in [7, 11) is 0.409. The van der Waals surface area contributed by atoms with Crippen molar-refractivity contribution in [1.82, 2.24) is 14.5 Å². The third-order valence-electron chi connectivity index (χ3n) is 5.39. The summed E-state index contributed by atoms with van der Waals surface area (Å²) >= 11 is 0. The number of sulfonamides is 1. The highest BCUT2D eigenvalue weighted by Gasteiger charge is 2.40. The molecule has 1 aliphatic heterocycles. The van der Waals surface area contributed by atoms with Crippen molar-refractivity contribution in [3.63, 3.8) is 0 Å². The monoisotopic (exact) mass is 472 g/mol. The molecule has 24 heavy (non-hydrogen) atoms. The molecule has 0 atom stereocenters. The average molecular weight is 472 g/mol. The molecule has 1 aliphatic carbocycles. The van der Waals surface area contributed by atoms with Crippen LogP contribution in [0.3, 0.4) is 0 Å². The molecule has 0 aromatic rings. The zero-order valence-electron chi connectivity index (χ0n) is 15.3. The molecular weight excluding hydrogens is 439 g/mol. The van der Waals surface area contributed by atoms with E-state index >= 15 is 0 Å². The first-order chi connectivity index (χ1) is 10.9. The molecule has 0 aromatic heterocycles. The largest absolute Gasteiger partial charge is 0.356 e. The predicted octanol–water partition coefficient (Wildman–Crippen LogP) is 2.12. The van der Waals surface area contributed by atoms with Gasteiger partial charge in [-0.15, -0.1) is 24.0 Å². The van der Waals surface area contributed by atoms with Crippen molar-refractivity contribution in [2.75, 3.05) is 46.0 Å². The maximum atomic E-state index is 11.7. The van der Waals surface area contributed by atoms with Gasteiger partial charge in [0.05, 0.1) is 5.75 Å². The number of nitrogens with one attached hydrogen (secondary N) is 1. The van der Waals surface area contributed by atoms with Crippen LogP contribution >= 0.6 is 24.0 Å². The summed E-state index contributed by atoms with van der Waals surface area (Å²) in [4.78, 5) is 6.78. The standard InChI is InChI=1S/C16H32N4O2S.HI/c1-4-23(21,22)19(3)12-7-11-18-15(17-2)20-13-10-16(14-20)8-5-6-9-16;/h4-14H2,1-3H3,(H,17,18);1H. The minimum atomic E-state index is -3.07. The topological polar surface area (TPSA) is 65.0 Å². The van der Waals surface area contributed by atoms with Gasteiger partial charge in [0.25, 0.3) is 0 Å². The fourth-order valence-electron chi connectivity index (χ4n) is 3.84. The molecule has 0 bridgehead atoms. The molecule has 1 saturated carbocycles. The van der Waals surface area contributed by atoms with Gasteiger partial charge in [0, 0.05) is 40.3 Å². The van der Waals surface area contributed by atoms with E-state index in [1.54, 1.807) is 14.0 Å². The zero-order valence-corrected chi connectivity index (χ0v) is 18.4. The maximum Gasteiger partial charge on any atom is 0.213 e. The van der Waals surface area contributed by atoms with Crippen molar-refractivity contribution < 1.29 is 8.42 Å². The van der Waals surface area contributed by atoms with Crippen LogP contribution in [-0.2, 0) is 10.0 Å². The van der Waals surface area contributed by atoms with E-state index in [9.17, 15) is 8.42 Å². The summed E-state index contributed by atoms with van der Waals surface area (Å²) in [5.74, 6) is 1.13. The maximum absolute atomic E-state index is 11.7. The van der Waals surface area contributed by atoms with Crippen LogP contribution < -0.4 is 5.32 Å². The molecule has 1 saturated heterocycles. The Kier molecular flexibility index (Phi) is 8.75. The van der Waals surface area contributed by atoms with Crippen LogP contribution in [0.15, 0.2) is 4.99 Å². The highest BCUT2D eigenvalue weighted by atomic mass is 127. The van der Waals surface area contributed by atoms with Crippen molar-refractivity contribution in [1.29, 1.82) is 0 Å². The molecule has 6 nitrogen and oxygen atoms in total. The molecule has 2 fully saturated rings. The zero-order chi connectivity index (χ0) is 16.9. The summed E-state index contributed by atoms with van der Waals surface area (Å²) in [6.45, 7) is 5.18. The molecular formula is C16H33IN4O2S. The normalized spacial score (nSPS) is 20.7. The van der Waals surface area contributed by atoms with Crippen molar-refractivity contribution in [3.05, 3.63) is 0 Å². The SMILES string of the molecule is CCS(=O)(=O)N(C)CCCNC(=NC)N1CCC2(CCCC2)C1.I. The minimum Gasteiger partial charge on any atom is -0.356 e. The Morgan fingerprint density at radius 1 is 1.29 bits per heavy atom. The molecule has 0 aromatic carbocycles. The second kappa shape index (κ2) is 9.56. The van der Waals surface area contributed by atoms with Crippen molar-refractivity contribution in [2.24, 2.45) is 10.4 Å². The first-order valence-corrected chi connectivity index (χ1v) is 10.4. The second-order valence-electron chi connectivity index (χ2n) is 6.93. The summed E-state index contributed by atoms with van der Waals surface area (Å²) in [6, 6.07) is 0. The van der Waals surface area contributed by atoms with Crippen LogP contribution in [-0.4, -0.2) is 69.6 Å². The Bertz CT molecular complexity index is 518. The van der Waals surface area contributed by atoms with Gasteiger partial charge in [-0.3, -0.25) is 4.99 Å². The Morgan fingerprint density at radius 2 is 1.96 bits per heavy atom. The highest BCUT2D eigenvalue weighted by Crippen LogP contribution is 2.45. The Hall–Kier alpha value is -0.0900. The van der Waals surface area contributed by atoms with Crippen LogP contribution in [0.2, 0.25) is 0 Å². The number of rotatable bonds is 6. The average Bonchev–Trinajstić information content (AvgIpc) is 3.17. The highest BCUT2D eigenvalue weighted by molar-refractivity contribution is 14.0. The lowest BCUT2D eigenvalue weighted by molar-refractivity contribution is 0.309. The van der Waals surface area contributed by atoms with Gasteiger partial charge in [-0.1, -0.05) is 12.8 Å². The van der Waals surface area contributed by atoms with Crippen molar-refractivity contribution in [3.8, 4) is 0 Å². The summed E-state index contributed by atoms with van der Waals surface area (Å²) in [5.41, 5.74) is 0.535. The number of nitrogens with zero attached hydrogens (tertiary/aromatic N) is 3. The molecule has 2 aliphatic rings. The number of halogens is 1. The van der Waals surface area contributed by atoms with E-state index < -0.39 is 10.0 Å². The van der Waals surface area contributed by atoms with Crippen LogP contribution in [0.25, 0.3) is 0 Å². The molecule has 1 heterocycles. The molecule has 0 unspecified atom stereocenters. The first-order valence-electron chi connectivity index (χ1n) is 8.82. The van der Waals surface area contributed by atoms with Gasteiger partial charge < -0.3 is 10.2 Å². The van der Waals surface area contributed by atoms with Crippen molar-refractivity contribution in [2.45, 2.75) is 45.4 Å². The van der Waals surface area contributed by atoms with E-state index in [-0.39, 0.29) is 29.7 Å². The molecule has 0 radical (unpaired) electrons. The lowest BCUT2D eigenvalue weighted by Gasteiger charge is -2.26. The number of likely N-dealkylation sites (tertiary alicyclic amines) is 1. The Morgan fingerprint density at radius 3 is 2.54 bits per heavy atom. The summed E-state index contributed by atoms with van der Waals surface area (Å²) in [5, 5.41) is 3.40. The van der Waals surface area contributed by atoms with Gasteiger partial charge in [-0.25, -0.2) is 12.7 Å². The van der Waals surface area contributed by atoms with Crippen LogP contribution in [0.5, 0.6) is 0 Å². The first kappa shape index (κ1) is 22.0. The molecule has 0 amide bonds. The Balaban J connectivity index is 0.00000288. The van der Waals surface area contributed by atoms with Gasteiger partial charge in [-0.2, -0.15) is 0 Å². The molecule has 142 valence electrons. The fourth-order valence-corrected chi connectivity index (χ4v) is 4.69. The number of aliphatic imine (C=N–C) groups is 1. The van der Waals surface area contributed by atoms with E-state index in [0.717, 1.165) is 32.0 Å². The van der Waals surface area contributed by atoms with Gasteiger partial charge in [0.2, 0.25) is 10.0 Å². The number of guanidine groups is 1. The van der Waals surface area contributed by atoms with Gasteiger partial charge in [0.1, 0.15) is 0 Å². The van der Waals surface area contributed by atoms with Crippen LogP contribution in [0.1, 0.15) is 45.4 Å². The number of hydrogen-bond donors (Lipinski definition) is 1. The third-order valence-corrected chi connectivity index (χ3v) is 7.25. The van der Waals surface area contributed by atoms with E-state index in [1.807, 2.05) is 7.05 Å². The quantitative estimate of drug-likeness (QED) is 0.279. The fraction of sp³-hybridized carbons (Fsp3) is 0.938. The summed E-state index contributed by atoms with van der Waals surface area (Å²) in [6.07, 6.45) is 7.54. The second-order valence-corrected chi connectivity index (χ2v) is 9.29. The van der Waals surface area contributed by atoms with Gasteiger partial charge in [0.15, 0.2) is 5.96 Å². The van der Waals surface area contributed by atoms with E-state index in [4.69, 9.17) is 0 Å². The number of hydrogen-bond acceptors (Lipinski definition) is 3. The van der Waals surface area contributed by atoms with E-state index in [2.05, 4.69) is 15.2 Å². The molecule has 1 spiro atoms.